The number of aryl methyl sites for hydroxylation is 2. The molecule has 3 saturated heterocycles. The van der Waals surface area contributed by atoms with Crippen molar-refractivity contribution in [1.82, 2.24) is 19.6 Å². The van der Waals surface area contributed by atoms with Gasteiger partial charge in [-0.15, -0.1) is 23.2 Å². The van der Waals surface area contributed by atoms with Crippen LogP contribution < -0.4 is 33.8 Å². The summed E-state index contributed by atoms with van der Waals surface area (Å²) in [5, 5.41) is 37.5. The highest BCUT2D eigenvalue weighted by atomic mass is 35.5. The molecule has 6 aromatic carbocycles. The zero-order valence-electron chi connectivity index (χ0n) is 63.1. The van der Waals surface area contributed by atoms with E-state index in [1.165, 1.54) is 9.80 Å². The van der Waals surface area contributed by atoms with E-state index in [1.54, 1.807) is 98.0 Å². The summed E-state index contributed by atoms with van der Waals surface area (Å²) in [4.78, 5) is 109. The van der Waals surface area contributed by atoms with Crippen molar-refractivity contribution in [3.63, 3.8) is 0 Å². The molecular weight excluding hydrogens is 1520 g/mol. The van der Waals surface area contributed by atoms with Crippen molar-refractivity contribution in [2.45, 2.75) is 172 Å². The summed E-state index contributed by atoms with van der Waals surface area (Å²) < 4.78 is 24.1. The predicted octanol–water partition coefficient (Wildman–Crippen LogP) is 15.7. The number of phenols is 1. The molecule has 28 heteroatoms. The van der Waals surface area contributed by atoms with Crippen molar-refractivity contribution in [2.75, 3.05) is 123 Å². The second-order valence-electron chi connectivity index (χ2n) is 29.3. The van der Waals surface area contributed by atoms with Gasteiger partial charge in [-0.05, 0) is 156 Å². The van der Waals surface area contributed by atoms with E-state index in [1.807, 2.05) is 94.9 Å². The minimum atomic E-state index is -1.25. The maximum Gasteiger partial charge on any atom is 0.416 e. The molecule has 7 heterocycles. The van der Waals surface area contributed by atoms with Crippen molar-refractivity contribution in [2.24, 2.45) is 0 Å². The molecule has 7 aliphatic heterocycles. The molecule has 6 aromatic rings. The molecule has 13 rings (SSSR count). The first-order valence-electron chi connectivity index (χ1n) is 38.0. The number of aromatic hydroxyl groups is 1. The van der Waals surface area contributed by atoms with E-state index in [9.17, 15) is 48.9 Å². The van der Waals surface area contributed by atoms with Crippen LogP contribution in [0.5, 0.6) is 23.0 Å². The van der Waals surface area contributed by atoms with Crippen LogP contribution >= 0.6 is 66.4 Å². The first kappa shape index (κ1) is 83.9. The molecule has 594 valence electrons. The molecule has 110 heavy (non-hydrogen) atoms. The van der Waals surface area contributed by atoms with E-state index in [2.05, 4.69) is 11.8 Å². The Bertz CT molecular complexity index is 4350. The fourth-order valence-electron chi connectivity index (χ4n) is 16.2. The fourth-order valence-corrected chi connectivity index (χ4v) is 20.1. The van der Waals surface area contributed by atoms with E-state index in [4.69, 9.17) is 42.1 Å². The number of halogens is 2. The minimum Gasteiger partial charge on any atom is -0.507 e. The number of fused-ring (bicyclic) bond motifs is 10. The standard InChI is InChI=1S/C44H56ClN5O7S2.C37H44ClN3O7S2.CH4/c1-28-23-33-35(50(40(52)16-15-29(2)59-58-4)43(54)34-13-10-17-48(34)42(33)53)24-37(28)56-22-9-5-6-14-39(51)49-27-30(26-45)41-32-12-8-7-11-31(32)38(25-36(41)49)57-44(55)47-20-18-46(3)19-21-47;1-22-16-27-29(41(37(46)48-21-23(2)50-49-3)36(45)28-12-9-14-39(28)35(27)44)18-32(22)47-15-8-4-5-13-33(43)40-20-24(19-38)34-26-11-7-6-10-25(26)31(42)17-30(34)40;/h7-8,11-12,23-25,29-30,34,43,54H,5-6,9-10,13-22,26-27H2,1-4H3;6-7,10-11,16-18,23-24,28,36,42,45H,4-5,8-9,12-15,19-21H2,1-3H3;1H4/t29?,30-,34+,43?;23?,24-,28+,36?;/m11./s1. The summed E-state index contributed by atoms with van der Waals surface area (Å²) in [6.45, 7) is 13.5. The largest absolute Gasteiger partial charge is 0.507 e. The number of ether oxygens (including phenoxy) is 4. The molecular formula is C82H104Cl2N8O14S4. The topological polar surface area (TPSA) is 243 Å². The third-order valence-corrected chi connectivity index (χ3v) is 27.2. The predicted molar refractivity (Wildman–Crippen MR) is 445 cm³/mol. The van der Waals surface area contributed by atoms with E-state index in [-0.39, 0.29) is 89.9 Å². The van der Waals surface area contributed by atoms with Crippen LogP contribution in [-0.4, -0.2) is 215 Å². The maximum atomic E-state index is 13.9. The fraction of sp³-hybridized carbons (Fsp3) is 0.524. The molecule has 0 spiro atoms. The number of aliphatic hydroxyl groups is 2. The lowest BCUT2D eigenvalue weighted by Crippen LogP contribution is -2.51. The number of amides is 7. The molecule has 0 aliphatic carbocycles. The maximum absolute atomic E-state index is 13.9. The van der Waals surface area contributed by atoms with Gasteiger partial charge >= 0.3 is 12.2 Å². The lowest BCUT2D eigenvalue weighted by Gasteiger charge is -2.32. The van der Waals surface area contributed by atoms with Crippen LogP contribution in [0.15, 0.2) is 84.9 Å². The van der Waals surface area contributed by atoms with Gasteiger partial charge in [-0.1, -0.05) is 106 Å². The second-order valence-corrected chi connectivity index (χ2v) is 35.8. The molecule has 3 N–H and O–H groups in total. The Hall–Kier alpha value is -7.01. The molecule has 0 saturated carbocycles. The van der Waals surface area contributed by atoms with Gasteiger partial charge in [0.2, 0.25) is 17.7 Å². The molecule has 0 bridgehead atoms. The smallest absolute Gasteiger partial charge is 0.416 e. The monoisotopic (exact) mass is 1620 g/mol. The average Bonchev–Trinajstić information content (AvgIpc) is 1.58. The number of unbranched alkanes of at least 4 members (excludes halogenated alkanes) is 4. The quantitative estimate of drug-likeness (QED) is 0.0260. The number of anilines is 4. The Balaban J connectivity index is 0.000000219. The SMILES string of the molecule is C.CSSC(C)CCC(=O)N1c2cc(OCCCCCC(=O)N3C[C@@H](CCl)c4c3cc(OC(=O)N3CCN(C)CC3)c3ccccc43)c(C)cc2C(=O)N2CCC[C@H]2C1O.CSSC(C)COC(=O)N1c2cc(OCCCCCC(=O)N3C[C@@H](CCl)c4c3cc(O)c3ccccc43)c(C)cc2C(=O)N2CCC[C@H]2C1O. The van der Waals surface area contributed by atoms with Crippen LogP contribution in [0.2, 0.25) is 0 Å². The second kappa shape index (κ2) is 38.2. The zero-order chi connectivity index (χ0) is 77.3. The average molecular weight is 1620 g/mol. The first-order chi connectivity index (χ1) is 52.6. The minimum absolute atomic E-state index is 0. The third-order valence-electron chi connectivity index (χ3n) is 21.9. The van der Waals surface area contributed by atoms with Gasteiger partial charge in [0.25, 0.3) is 11.8 Å². The highest BCUT2D eigenvalue weighted by Gasteiger charge is 2.47. The summed E-state index contributed by atoms with van der Waals surface area (Å²) in [6.07, 6.45) is 9.01. The molecule has 0 aromatic heterocycles. The van der Waals surface area contributed by atoms with E-state index in [0.29, 0.717) is 156 Å². The number of piperazine rings is 1. The molecule has 8 atom stereocenters. The number of alkyl halides is 2. The summed E-state index contributed by atoms with van der Waals surface area (Å²) in [7, 11) is 8.60. The molecule has 3 fully saturated rings. The Morgan fingerprint density at radius 1 is 0.555 bits per heavy atom. The Morgan fingerprint density at radius 2 is 1.03 bits per heavy atom. The van der Waals surface area contributed by atoms with Gasteiger partial charge in [0.1, 0.15) is 29.6 Å². The van der Waals surface area contributed by atoms with Gasteiger partial charge < -0.3 is 63.7 Å². The number of carbonyl (C=O) groups is 7. The van der Waals surface area contributed by atoms with Crippen LogP contribution in [0.25, 0.3) is 21.5 Å². The number of carbonyl (C=O) groups excluding carboxylic acids is 7. The Labute approximate surface area is 671 Å². The summed E-state index contributed by atoms with van der Waals surface area (Å²) >= 11 is 12.8. The van der Waals surface area contributed by atoms with Gasteiger partial charge in [-0.3, -0.25) is 28.9 Å². The number of aliphatic hydroxyl groups excluding tert-OH is 2. The van der Waals surface area contributed by atoms with Crippen LogP contribution in [0.1, 0.15) is 166 Å². The summed E-state index contributed by atoms with van der Waals surface area (Å²) in [5.74, 6) is 1.72. The van der Waals surface area contributed by atoms with Crippen LogP contribution in [0, 0.1) is 13.8 Å². The molecule has 22 nitrogen and oxygen atoms in total. The van der Waals surface area contributed by atoms with Crippen molar-refractivity contribution in [3.05, 3.63) is 118 Å². The van der Waals surface area contributed by atoms with E-state index < -0.39 is 30.6 Å². The number of likely N-dealkylation sites (N-methyl/N-ethyl adjacent to an activating group) is 1. The number of phenolic OH excluding ortho intramolecular Hbond substituents is 1. The van der Waals surface area contributed by atoms with E-state index in [0.717, 1.165) is 93.9 Å². The number of hydrogen-bond donors (Lipinski definition) is 3. The third kappa shape index (κ3) is 18.3. The number of rotatable bonds is 26. The Morgan fingerprint density at radius 3 is 1.55 bits per heavy atom. The van der Waals surface area contributed by atoms with Gasteiger partial charge in [-0.2, -0.15) is 0 Å². The highest BCUT2D eigenvalue weighted by molar-refractivity contribution is 8.77. The summed E-state index contributed by atoms with van der Waals surface area (Å²) in [6, 6.07) is 25.0. The van der Waals surface area contributed by atoms with Gasteiger partial charge in [-0.25, -0.2) is 14.5 Å². The normalized spacial score (nSPS) is 20.5. The van der Waals surface area contributed by atoms with Gasteiger partial charge in [0, 0.05) is 141 Å². The Kier molecular flexibility index (Phi) is 29.1. The molecule has 7 aliphatic rings. The zero-order valence-corrected chi connectivity index (χ0v) is 67.9. The molecule has 4 unspecified atom stereocenters. The molecule has 7 amide bonds. The lowest BCUT2D eigenvalue weighted by molar-refractivity contribution is -0.121. The molecule has 0 radical (unpaired) electrons. The summed E-state index contributed by atoms with van der Waals surface area (Å²) in [5.41, 5.74) is 6.43. The van der Waals surface area contributed by atoms with Crippen molar-refractivity contribution in [1.29, 1.82) is 0 Å². The van der Waals surface area contributed by atoms with Crippen molar-refractivity contribution in [3.8, 4) is 23.0 Å². The van der Waals surface area contributed by atoms with Crippen LogP contribution in [0.4, 0.5) is 32.3 Å². The van der Waals surface area contributed by atoms with Crippen molar-refractivity contribution >= 4 is 152 Å². The number of nitrogens with zero attached hydrogens (tertiary/aromatic N) is 8. The van der Waals surface area contributed by atoms with Gasteiger partial charge in [0.15, 0.2) is 12.5 Å². The number of benzene rings is 6. The van der Waals surface area contributed by atoms with Gasteiger partial charge in [0.05, 0.1) is 59.2 Å². The lowest BCUT2D eigenvalue weighted by atomic mass is 9.95. The number of hydrogen-bond acceptors (Lipinski definition) is 19. The van der Waals surface area contributed by atoms with Crippen molar-refractivity contribution < 1.29 is 67.8 Å². The highest BCUT2D eigenvalue weighted by Crippen LogP contribution is 2.49. The van der Waals surface area contributed by atoms with Crippen LogP contribution in [-0.2, 0) is 19.1 Å². The van der Waals surface area contributed by atoms with E-state index >= 15 is 0 Å². The van der Waals surface area contributed by atoms with Crippen LogP contribution in [0.3, 0.4) is 0 Å². The first-order valence-corrected chi connectivity index (χ1v) is 44.3.